The zero-order valence-corrected chi connectivity index (χ0v) is 36.5. The Balaban J connectivity index is 0.000000262. The molecule has 6 atom stereocenters. The number of ketones is 2. The number of nitrogens with zero attached hydrogens (tertiary/aromatic N) is 2. The number of aromatic nitrogens is 2. The van der Waals surface area contributed by atoms with E-state index in [9.17, 15) is 19.2 Å². The van der Waals surface area contributed by atoms with Crippen molar-refractivity contribution in [2.45, 2.75) is 117 Å². The first-order chi connectivity index (χ1) is 28.2. The van der Waals surface area contributed by atoms with E-state index in [1.165, 1.54) is 11.1 Å². The van der Waals surface area contributed by atoms with Crippen LogP contribution in [-0.2, 0) is 44.9 Å². The number of aryl methyl sites for hydroxylation is 4. The molecule has 324 valence electrons. The van der Waals surface area contributed by atoms with Crippen molar-refractivity contribution in [1.29, 1.82) is 0 Å². The number of hydrogen-bond acceptors (Lipinski definition) is 8. The van der Waals surface area contributed by atoms with Gasteiger partial charge in [-0.1, -0.05) is 72.8 Å². The number of halogens is 1. The summed E-state index contributed by atoms with van der Waals surface area (Å²) in [5, 5.41) is 11.8. The Morgan fingerprint density at radius 3 is 1.53 bits per heavy atom. The third kappa shape index (κ3) is 16.5. The lowest BCUT2D eigenvalue weighted by Crippen LogP contribution is -3.00. The molecular formula is C48H65ClN6O5. The number of hydrogen-bond donors (Lipinski definition) is 5. The number of amides is 1. The van der Waals surface area contributed by atoms with Crippen LogP contribution in [0.2, 0.25) is 0 Å². The summed E-state index contributed by atoms with van der Waals surface area (Å²) >= 11 is 0. The van der Waals surface area contributed by atoms with E-state index in [1.54, 1.807) is 19.1 Å². The van der Waals surface area contributed by atoms with E-state index in [0.717, 1.165) is 80.3 Å². The second-order valence-corrected chi connectivity index (χ2v) is 16.5. The zero-order valence-electron chi connectivity index (χ0n) is 35.7. The largest absolute Gasteiger partial charge is 1.00 e. The van der Waals surface area contributed by atoms with Crippen LogP contribution in [0.15, 0.2) is 84.9 Å². The van der Waals surface area contributed by atoms with E-state index in [1.807, 2.05) is 57.2 Å². The molecule has 2 saturated carbocycles. The number of anilines is 2. The number of nitrogens with two attached hydrogens (primary N) is 2. The van der Waals surface area contributed by atoms with Crippen molar-refractivity contribution in [2.24, 2.45) is 23.7 Å². The van der Waals surface area contributed by atoms with Crippen molar-refractivity contribution in [1.82, 2.24) is 15.3 Å². The SMILES string of the molecule is Cc1nc(N)ccc1CCC(=O)[C@H](C)NC(=O)[C@@H]1CC[C@@H](Cc2ccccc2)C1.Cc1nc(N)ccc1CCC(=O)[C@H](C)[NH3+].O=C(O)[C@@H]1CC[C@@H](Cc2ccccc2)C1.[Cl-]. The predicted octanol–water partition coefficient (Wildman–Crippen LogP) is 3.48. The summed E-state index contributed by atoms with van der Waals surface area (Å²) in [5.41, 5.74) is 21.4. The first-order valence-electron chi connectivity index (χ1n) is 21.1. The van der Waals surface area contributed by atoms with Crippen molar-refractivity contribution in [3.63, 3.8) is 0 Å². The van der Waals surface area contributed by atoms with Gasteiger partial charge in [0.2, 0.25) is 5.91 Å². The third-order valence-electron chi connectivity index (χ3n) is 11.6. The Morgan fingerprint density at radius 2 is 1.12 bits per heavy atom. The molecule has 12 heteroatoms. The highest BCUT2D eigenvalue weighted by atomic mass is 35.5. The molecule has 6 rings (SSSR count). The minimum Gasteiger partial charge on any atom is -1.00 e. The van der Waals surface area contributed by atoms with Gasteiger partial charge in [-0.2, -0.15) is 0 Å². The summed E-state index contributed by atoms with van der Waals surface area (Å²) in [6, 6.07) is 27.5. The first-order valence-corrected chi connectivity index (χ1v) is 21.1. The third-order valence-corrected chi connectivity index (χ3v) is 11.6. The smallest absolute Gasteiger partial charge is 0.306 e. The molecule has 0 aliphatic heterocycles. The molecular weight excluding hydrogens is 776 g/mol. The number of carboxylic acid groups (broad SMARTS) is 1. The fourth-order valence-electron chi connectivity index (χ4n) is 8.02. The Labute approximate surface area is 362 Å². The fraction of sp³-hybridized carbons (Fsp3) is 0.458. The van der Waals surface area contributed by atoms with Crippen molar-refractivity contribution in [2.75, 3.05) is 11.5 Å². The number of carboxylic acids is 1. The van der Waals surface area contributed by atoms with Gasteiger partial charge < -0.3 is 40.0 Å². The molecule has 2 aliphatic rings. The molecule has 2 fully saturated rings. The molecule has 0 bridgehead atoms. The Morgan fingerprint density at radius 1 is 0.683 bits per heavy atom. The molecule has 2 aromatic heterocycles. The van der Waals surface area contributed by atoms with Gasteiger partial charge in [0, 0.05) is 30.1 Å². The Hall–Kier alpha value is -5.13. The van der Waals surface area contributed by atoms with Crippen LogP contribution in [-0.4, -0.2) is 50.6 Å². The number of nitrogens with one attached hydrogen (secondary N) is 1. The molecule has 4 aromatic rings. The van der Waals surface area contributed by atoms with Crippen LogP contribution in [0.4, 0.5) is 11.6 Å². The van der Waals surface area contributed by atoms with Crippen molar-refractivity contribution in [3.8, 4) is 0 Å². The van der Waals surface area contributed by atoms with E-state index in [-0.39, 0.29) is 47.8 Å². The monoisotopic (exact) mass is 840 g/mol. The molecule has 2 heterocycles. The number of nitrogen functional groups attached to an aromatic ring is 2. The van der Waals surface area contributed by atoms with Crippen LogP contribution < -0.4 is 34.9 Å². The van der Waals surface area contributed by atoms with Crippen molar-refractivity contribution in [3.05, 3.63) is 119 Å². The molecule has 0 spiro atoms. The van der Waals surface area contributed by atoms with E-state index in [4.69, 9.17) is 16.6 Å². The van der Waals surface area contributed by atoms with E-state index in [0.29, 0.717) is 42.7 Å². The number of pyridine rings is 2. The molecule has 0 radical (unpaired) electrons. The molecule has 2 aliphatic carbocycles. The number of Topliss-reactive ketones (excluding diaryl/α,β-unsaturated/α-hetero) is 2. The summed E-state index contributed by atoms with van der Waals surface area (Å²) in [6.45, 7) is 7.40. The number of carbonyl (C=O) groups excluding carboxylic acids is 3. The molecule has 0 saturated heterocycles. The van der Waals surface area contributed by atoms with Crippen LogP contribution in [0.1, 0.15) is 98.9 Å². The highest BCUT2D eigenvalue weighted by Crippen LogP contribution is 2.34. The second-order valence-electron chi connectivity index (χ2n) is 16.5. The molecule has 1 amide bonds. The predicted molar refractivity (Wildman–Crippen MR) is 233 cm³/mol. The summed E-state index contributed by atoms with van der Waals surface area (Å²) < 4.78 is 0. The summed E-state index contributed by atoms with van der Waals surface area (Å²) in [5.74, 6) is 1.67. The van der Waals surface area contributed by atoms with Gasteiger partial charge in [-0.25, -0.2) is 9.97 Å². The fourth-order valence-corrected chi connectivity index (χ4v) is 8.02. The van der Waals surface area contributed by atoms with E-state index in [2.05, 4.69) is 57.4 Å². The molecule has 0 unspecified atom stereocenters. The number of benzene rings is 2. The molecule has 60 heavy (non-hydrogen) atoms. The normalized spacial score (nSPS) is 18.9. The quantitative estimate of drug-likeness (QED) is 0.119. The van der Waals surface area contributed by atoms with Crippen molar-refractivity contribution >= 4 is 35.1 Å². The highest BCUT2D eigenvalue weighted by molar-refractivity contribution is 5.89. The number of rotatable bonds is 15. The summed E-state index contributed by atoms with van der Waals surface area (Å²) in [6.07, 6.45) is 9.93. The lowest BCUT2D eigenvalue weighted by Gasteiger charge is -2.17. The standard InChI is InChI=1S/C24H31N3O2.C13H16O2.C11H17N3O.ClH/c1-16-20(11-13-23(25)26-16)10-12-22(28)17(2)27-24(29)21-9-8-19(15-21)14-18-6-4-3-5-7-18;14-13(15)12-7-6-11(9-12)8-10-4-2-1-3-5-10;1-7(12)10(15)5-3-9-4-6-11(13)14-8(9)2;/h3-7,11,13,17,19,21H,8-10,12,14-15H2,1-2H3,(H2,25,26)(H,27,29);1-5,11-12H,6-9H2,(H,14,15);4,6-7H,3,5,12H2,1-2H3,(H2,13,14);1H/t17-,19-,21+;11-,12+;7-;/m000./s1. The number of aliphatic carboxylic acids is 1. The number of carbonyl (C=O) groups is 4. The minimum atomic E-state index is -0.620. The maximum Gasteiger partial charge on any atom is 0.306 e. The van der Waals surface area contributed by atoms with Gasteiger partial charge in [-0.3, -0.25) is 19.2 Å². The summed E-state index contributed by atoms with van der Waals surface area (Å²) in [7, 11) is 0. The lowest BCUT2D eigenvalue weighted by molar-refractivity contribution is -0.397. The average molecular weight is 842 g/mol. The van der Waals surface area contributed by atoms with Crippen molar-refractivity contribution < 1.29 is 42.4 Å². The maximum absolute atomic E-state index is 12.6. The zero-order chi connectivity index (χ0) is 42.9. The minimum absolute atomic E-state index is 0. The molecule has 11 nitrogen and oxygen atoms in total. The van der Waals surface area contributed by atoms with Gasteiger partial charge in [0.25, 0.3) is 0 Å². The number of quaternary nitrogens is 1. The van der Waals surface area contributed by atoms with E-state index >= 15 is 0 Å². The Bertz CT molecular complexity index is 1980. The topological polar surface area (TPSA) is 206 Å². The summed E-state index contributed by atoms with van der Waals surface area (Å²) in [4.78, 5) is 55.7. The van der Waals surface area contributed by atoms with Gasteiger partial charge in [-0.05, 0) is 138 Å². The second kappa shape index (κ2) is 24.8. The van der Waals surface area contributed by atoms with Gasteiger partial charge in [0.05, 0.1) is 12.0 Å². The maximum atomic E-state index is 12.6. The highest BCUT2D eigenvalue weighted by Gasteiger charge is 2.31. The van der Waals surface area contributed by atoms with Crippen LogP contribution in [0.5, 0.6) is 0 Å². The molecule has 9 N–H and O–H groups in total. The van der Waals surface area contributed by atoms with Gasteiger partial charge >= 0.3 is 5.97 Å². The lowest BCUT2D eigenvalue weighted by atomic mass is 9.96. The van der Waals surface area contributed by atoms with Crippen LogP contribution in [0.3, 0.4) is 0 Å². The van der Waals surface area contributed by atoms with Gasteiger partial charge in [0.15, 0.2) is 11.6 Å². The molecule has 2 aromatic carbocycles. The van der Waals surface area contributed by atoms with Crippen LogP contribution in [0.25, 0.3) is 0 Å². The Kier molecular flexibility index (Phi) is 20.4. The van der Waals surface area contributed by atoms with Crippen LogP contribution >= 0.6 is 0 Å². The first kappa shape index (κ1) is 49.2. The average Bonchev–Trinajstić information content (AvgIpc) is 3.89. The van der Waals surface area contributed by atoms with Crippen LogP contribution in [0, 0.1) is 37.5 Å². The van der Waals surface area contributed by atoms with Gasteiger partial charge in [0.1, 0.15) is 17.7 Å². The van der Waals surface area contributed by atoms with Gasteiger partial charge in [-0.15, -0.1) is 0 Å². The van der Waals surface area contributed by atoms with E-state index < -0.39 is 12.0 Å².